The Balaban J connectivity index is 1.81. The van der Waals surface area contributed by atoms with Crippen LogP contribution in [0.4, 0.5) is 5.82 Å². The molecule has 21 heavy (non-hydrogen) atoms. The third kappa shape index (κ3) is 5.74. The molecule has 7 heteroatoms. The molecule has 1 aromatic heterocycles. The molecule has 0 aliphatic carbocycles. The summed E-state index contributed by atoms with van der Waals surface area (Å²) in [7, 11) is 0. The highest BCUT2D eigenvalue weighted by Crippen LogP contribution is 2.21. The van der Waals surface area contributed by atoms with Crippen molar-refractivity contribution in [3.63, 3.8) is 0 Å². The van der Waals surface area contributed by atoms with Gasteiger partial charge in [0.2, 0.25) is 5.91 Å². The average Bonchev–Trinajstić information content (AvgIpc) is 2.54. The molecule has 2 heterocycles. The van der Waals surface area contributed by atoms with E-state index in [1.54, 1.807) is 6.33 Å². The molecule has 0 radical (unpaired) electrons. The van der Waals surface area contributed by atoms with Gasteiger partial charge in [0, 0.05) is 37.2 Å². The first kappa shape index (κ1) is 16.4. The van der Waals surface area contributed by atoms with Crippen LogP contribution in [0.15, 0.2) is 17.4 Å². The molecule has 1 aliphatic rings. The van der Waals surface area contributed by atoms with Crippen molar-refractivity contribution < 1.29 is 4.79 Å². The second-order valence-corrected chi connectivity index (χ2v) is 7.03. The Morgan fingerprint density at radius 2 is 2.24 bits per heavy atom. The number of anilines is 1. The zero-order valence-electron chi connectivity index (χ0n) is 12.4. The van der Waals surface area contributed by atoms with E-state index >= 15 is 0 Å². The van der Waals surface area contributed by atoms with Gasteiger partial charge < -0.3 is 10.2 Å². The van der Waals surface area contributed by atoms with E-state index in [0.29, 0.717) is 5.75 Å². The summed E-state index contributed by atoms with van der Waals surface area (Å²) in [5.41, 5.74) is 0. The smallest absolute Gasteiger partial charge is 0.230 e. The fraction of sp³-hybridized carbons (Fsp3) is 0.643. The van der Waals surface area contributed by atoms with Crippen LogP contribution in [0, 0.1) is 0 Å². The van der Waals surface area contributed by atoms with Crippen molar-refractivity contribution in [1.82, 2.24) is 15.3 Å². The highest BCUT2D eigenvalue weighted by atomic mass is 32.2. The minimum Gasteiger partial charge on any atom is -0.355 e. The Hall–Kier alpha value is -0.950. The van der Waals surface area contributed by atoms with Gasteiger partial charge in [0.05, 0.1) is 5.75 Å². The first-order valence-electron chi connectivity index (χ1n) is 7.34. The normalized spacial score (nSPS) is 15.0. The molecule has 0 bridgehead atoms. The molecule has 1 N–H and O–H groups in total. The van der Waals surface area contributed by atoms with E-state index in [1.807, 2.05) is 17.8 Å². The maximum Gasteiger partial charge on any atom is 0.230 e. The predicted octanol–water partition coefficient (Wildman–Crippen LogP) is 2.04. The molecule has 1 amide bonds. The second kappa shape index (κ2) is 9.15. The van der Waals surface area contributed by atoms with Gasteiger partial charge in [-0.15, -0.1) is 0 Å². The summed E-state index contributed by atoms with van der Waals surface area (Å²) >= 11 is 3.45. The van der Waals surface area contributed by atoms with E-state index in [0.717, 1.165) is 54.8 Å². The maximum absolute atomic E-state index is 11.7. The number of rotatable bonds is 7. The molecular weight excluding hydrogens is 304 g/mol. The van der Waals surface area contributed by atoms with Crippen LogP contribution in [0.1, 0.15) is 19.8 Å². The Bertz CT molecular complexity index is 452. The molecule has 1 fully saturated rings. The summed E-state index contributed by atoms with van der Waals surface area (Å²) in [6.07, 6.45) is 3.71. The first-order valence-corrected chi connectivity index (χ1v) is 9.48. The predicted molar refractivity (Wildman–Crippen MR) is 90.2 cm³/mol. The van der Waals surface area contributed by atoms with E-state index in [4.69, 9.17) is 0 Å². The maximum atomic E-state index is 11.7. The van der Waals surface area contributed by atoms with Crippen LogP contribution in [0.2, 0.25) is 0 Å². The summed E-state index contributed by atoms with van der Waals surface area (Å²) in [6, 6.07) is 1.99. The third-order valence-electron chi connectivity index (χ3n) is 3.17. The summed E-state index contributed by atoms with van der Waals surface area (Å²) in [6.45, 7) is 4.94. The quantitative estimate of drug-likeness (QED) is 0.470. The van der Waals surface area contributed by atoms with Crippen LogP contribution >= 0.6 is 23.5 Å². The number of nitrogens with zero attached hydrogens (tertiary/aromatic N) is 3. The summed E-state index contributed by atoms with van der Waals surface area (Å²) in [5, 5.41) is 3.78. The molecule has 0 atom stereocenters. The van der Waals surface area contributed by atoms with Gasteiger partial charge in [-0.3, -0.25) is 4.79 Å². The molecule has 5 nitrogen and oxygen atoms in total. The lowest BCUT2D eigenvalue weighted by atomic mass is 10.3. The number of carbonyl (C=O) groups is 1. The number of hydrogen-bond donors (Lipinski definition) is 1. The van der Waals surface area contributed by atoms with Gasteiger partial charge in [-0.05, 0) is 6.42 Å². The molecule has 0 spiro atoms. The minimum absolute atomic E-state index is 0.0722. The monoisotopic (exact) mass is 326 g/mol. The number of unbranched alkanes of at least 4 members (excludes halogenated alkanes) is 1. The van der Waals surface area contributed by atoms with Crippen molar-refractivity contribution in [3.05, 3.63) is 12.4 Å². The van der Waals surface area contributed by atoms with Gasteiger partial charge in [0.1, 0.15) is 17.2 Å². The van der Waals surface area contributed by atoms with Crippen molar-refractivity contribution >= 4 is 35.2 Å². The first-order chi connectivity index (χ1) is 10.3. The fourth-order valence-electron chi connectivity index (χ4n) is 1.97. The molecule has 0 unspecified atom stereocenters. The molecule has 2 rings (SSSR count). The van der Waals surface area contributed by atoms with Gasteiger partial charge in [-0.25, -0.2) is 9.97 Å². The van der Waals surface area contributed by atoms with Crippen molar-refractivity contribution in [1.29, 1.82) is 0 Å². The Morgan fingerprint density at radius 1 is 1.43 bits per heavy atom. The minimum atomic E-state index is 0.0722. The van der Waals surface area contributed by atoms with Gasteiger partial charge in [0.15, 0.2) is 0 Å². The van der Waals surface area contributed by atoms with E-state index in [9.17, 15) is 4.79 Å². The molecular formula is C14H22N4OS2. The lowest BCUT2D eigenvalue weighted by Crippen LogP contribution is -2.33. The summed E-state index contributed by atoms with van der Waals surface area (Å²) < 4.78 is 0. The van der Waals surface area contributed by atoms with Crippen LogP contribution in [0.5, 0.6) is 0 Å². The van der Waals surface area contributed by atoms with E-state index in [-0.39, 0.29) is 5.91 Å². The Labute approximate surface area is 134 Å². The molecule has 1 aliphatic heterocycles. The van der Waals surface area contributed by atoms with Crippen LogP contribution in [-0.4, -0.2) is 52.8 Å². The zero-order chi connectivity index (χ0) is 14.9. The Morgan fingerprint density at radius 3 is 3.00 bits per heavy atom. The van der Waals surface area contributed by atoms with Crippen LogP contribution < -0.4 is 10.2 Å². The summed E-state index contributed by atoms with van der Waals surface area (Å²) in [4.78, 5) is 22.6. The van der Waals surface area contributed by atoms with Gasteiger partial charge in [-0.1, -0.05) is 25.1 Å². The van der Waals surface area contributed by atoms with E-state index < -0.39 is 0 Å². The molecule has 116 valence electrons. The zero-order valence-corrected chi connectivity index (χ0v) is 14.0. The van der Waals surface area contributed by atoms with Gasteiger partial charge >= 0.3 is 0 Å². The van der Waals surface area contributed by atoms with Crippen LogP contribution in [-0.2, 0) is 4.79 Å². The highest BCUT2D eigenvalue weighted by molar-refractivity contribution is 8.00. The average molecular weight is 326 g/mol. The van der Waals surface area contributed by atoms with E-state index in [2.05, 4.69) is 27.1 Å². The number of aromatic nitrogens is 2. The number of thioether (sulfide) groups is 2. The van der Waals surface area contributed by atoms with Crippen molar-refractivity contribution in [2.45, 2.75) is 24.8 Å². The summed E-state index contributed by atoms with van der Waals surface area (Å²) in [5.74, 6) is 3.75. The van der Waals surface area contributed by atoms with Crippen molar-refractivity contribution in [3.8, 4) is 0 Å². The Kier molecular flexibility index (Phi) is 7.15. The number of amides is 1. The largest absolute Gasteiger partial charge is 0.355 e. The topological polar surface area (TPSA) is 58.1 Å². The van der Waals surface area contributed by atoms with Gasteiger partial charge in [-0.2, -0.15) is 11.8 Å². The van der Waals surface area contributed by atoms with Crippen LogP contribution in [0.3, 0.4) is 0 Å². The molecule has 0 saturated carbocycles. The highest BCUT2D eigenvalue weighted by Gasteiger charge is 2.13. The van der Waals surface area contributed by atoms with E-state index in [1.165, 1.54) is 11.8 Å². The van der Waals surface area contributed by atoms with Gasteiger partial charge in [0.25, 0.3) is 0 Å². The SMILES string of the molecule is CCCCNC(=O)CSc1cc(N2CCSCC2)ncn1. The standard InChI is InChI=1S/C14H22N4OS2/c1-2-3-4-15-13(19)10-21-14-9-12(16-11-17-14)18-5-7-20-8-6-18/h9,11H,2-8,10H2,1H3,(H,15,19). The number of hydrogen-bond acceptors (Lipinski definition) is 6. The lowest BCUT2D eigenvalue weighted by molar-refractivity contribution is -0.118. The van der Waals surface area contributed by atoms with Crippen LogP contribution in [0.25, 0.3) is 0 Å². The third-order valence-corrected chi connectivity index (χ3v) is 5.03. The van der Waals surface area contributed by atoms with Crippen molar-refractivity contribution in [2.24, 2.45) is 0 Å². The molecule has 0 aromatic carbocycles. The second-order valence-electron chi connectivity index (χ2n) is 4.81. The lowest BCUT2D eigenvalue weighted by Gasteiger charge is -2.27. The van der Waals surface area contributed by atoms with Crippen molar-refractivity contribution in [2.75, 3.05) is 41.8 Å². The fourth-order valence-corrected chi connectivity index (χ4v) is 3.56. The number of nitrogens with one attached hydrogen (secondary N) is 1. The molecule has 1 saturated heterocycles. The molecule has 1 aromatic rings. The number of carbonyl (C=O) groups excluding carboxylic acids is 1.